The van der Waals surface area contributed by atoms with Gasteiger partial charge in [-0.15, -0.1) is 0 Å². The van der Waals surface area contributed by atoms with Crippen LogP contribution >= 0.6 is 0 Å². The molecule has 0 saturated carbocycles. The quantitative estimate of drug-likeness (QED) is 0.737. The maximum Gasteiger partial charge on any atom is -0.000825 e. The minimum absolute atomic E-state index is 0.627. The van der Waals surface area contributed by atoms with Crippen LogP contribution < -0.4 is 5.32 Å². The van der Waals surface area contributed by atoms with Gasteiger partial charge in [0.25, 0.3) is 0 Å². The molecule has 0 aliphatic heterocycles. The summed E-state index contributed by atoms with van der Waals surface area (Å²) in [6, 6.07) is 19.4. The second-order valence-electron chi connectivity index (χ2n) is 5.53. The van der Waals surface area contributed by atoms with E-state index in [-0.39, 0.29) is 0 Å². The smallest absolute Gasteiger partial charge is 0.000825 e. The molecule has 0 aromatic heterocycles. The molecule has 106 valence electrons. The summed E-state index contributed by atoms with van der Waals surface area (Å²) in [7, 11) is 0. The Morgan fingerprint density at radius 1 is 0.900 bits per heavy atom. The number of aryl methyl sites for hydroxylation is 1. The van der Waals surface area contributed by atoms with E-state index in [0.29, 0.717) is 5.92 Å². The Kier molecular flexibility index (Phi) is 5.82. The maximum absolute atomic E-state index is 3.56. The maximum atomic E-state index is 3.56. The van der Waals surface area contributed by atoms with Gasteiger partial charge in [-0.1, -0.05) is 61.5 Å². The van der Waals surface area contributed by atoms with Crippen LogP contribution in [0.3, 0.4) is 0 Å². The average Bonchev–Trinajstić information content (AvgIpc) is 2.49. The van der Waals surface area contributed by atoms with Crippen LogP contribution in [0.2, 0.25) is 0 Å². The molecule has 0 aliphatic rings. The molecule has 0 fully saturated rings. The van der Waals surface area contributed by atoms with Gasteiger partial charge in [-0.05, 0) is 55.5 Å². The number of hydrogen-bond acceptors (Lipinski definition) is 1. The van der Waals surface area contributed by atoms with Crippen molar-refractivity contribution in [3.63, 3.8) is 0 Å². The molecule has 20 heavy (non-hydrogen) atoms. The summed E-state index contributed by atoms with van der Waals surface area (Å²) >= 11 is 0. The van der Waals surface area contributed by atoms with Gasteiger partial charge in [-0.25, -0.2) is 0 Å². The third-order valence-corrected chi connectivity index (χ3v) is 3.96. The van der Waals surface area contributed by atoms with E-state index < -0.39 is 0 Å². The topological polar surface area (TPSA) is 12.0 Å². The lowest BCUT2D eigenvalue weighted by Crippen LogP contribution is -2.20. The molecule has 0 saturated heterocycles. The van der Waals surface area contributed by atoms with E-state index >= 15 is 0 Å². The second kappa shape index (κ2) is 7.86. The Hall–Kier alpha value is -1.60. The van der Waals surface area contributed by atoms with Crippen molar-refractivity contribution in [3.8, 4) is 0 Å². The van der Waals surface area contributed by atoms with Gasteiger partial charge in [0.15, 0.2) is 0 Å². The number of rotatable bonds is 7. The SMILES string of the molecule is Cc1ccccc1CCNCCC(C)c1ccccc1. The Balaban J connectivity index is 1.66. The van der Waals surface area contributed by atoms with Gasteiger partial charge < -0.3 is 5.32 Å². The standard InChI is InChI=1S/C19H25N/c1-16-8-6-7-11-19(16)13-15-20-14-12-17(2)18-9-4-3-5-10-18/h3-11,17,20H,12-15H2,1-2H3. The van der Waals surface area contributed by atoms with Gasteiger partial charge in [0.05, 0.1) is 0 Å². The Morgan fingerprint density at radius 3 is 2.35 bits per heavy atom. The summed E-state index contributed by atoms with van der Waals surface area (Å²) < 4.78 is 0. The molecule has 1 N–H and O–H groups in total. The lowest BCUT2D eigenvalue weighted by atomic mass is 9.98. The van der Waals surface area contributed by atoms with Gasteiger partial charge in [0, 0.05) is 0 Å². The molecule has 2 aromatic rings. The van der Waals surface area contributed by atoms with Crippen LogP contribution in [0.25, 0.3) is 0 Å². The van der Waals surface area contributed by atoms with Crippen molar-refractivity contribution in [3.05, 3.63) is 71.3 Å². The first kappa shape index (κ1) is 14.8. The van der Waals surface area contributed by atoms with Crippen molar-refractivity contribution in [2.24, 2.45) is 0 Å². The molecule has 1 unspecified atom stereocenters. The van der Waals surface area contributed by atoms with Gasteiger partial charge in [0.1, 0.15) is 0 Å². The number of benzene rings is 2. The van der Waals surface area contributed by atoms with E-state index in [1.807, 2.05) is 0 Å². The van der Waals surface area contributed by atoms with Crippen LogP contribution in [-0.2, 0) is 6.42 Å². The van der Waals surface area contributed by atoms with Crippen molar-refractivity contribution in [1.82, 2.24) is 5.32 Å². The van der Waals surface area contributed by atoms with Crippen molar-refractivity contribution in [1.29, 1.82) is 0 Å². The molecule has 2 aromatic carbocycles. The molecule has 0 bridgehead atoms. The van der Waals surface area contributed by atoms with E-state index in [2.05, 4.69) is 73.8 Å². The fraction of sp³-hybridized carbons (Fsp3) is 0.368. The first-order valence-electron chi connectivity index (χ1n) is 7.57. The minimum atomic E-state index is 0.627. The highest BCUT2D eigenvalue weighted by Gasteiger charge is 2.04. The predicted molar refractivity (Wildman–Crippen MR) is 87.2 cm³/mol. The van der Waals surface area contributed by atoms with Crippen molar-refractivity contribution in [2.45, 2.75) is 32.6 Å². The van der Waals surface area contributed by atoms with Crippen LogP contribution in [0, 0.1) is 6.92 Å². The number of hydrogen-bond donors (Lipinski definition) is 1. The number of nitrogens with one attached hydrogen (secondary N) is 1. The Labute approximate surface area is 123 Å². The Bertz CT molecular complexity index is 504. The van der Waals surface area contributed by atoms with Gasteiger partial charge in [-0.3, -0.25) is 0 Å². The van der Waals surface area contributed by atoms with E-state index in [9.17, 15) is 0 Å². The van der Waals surface area contributed by atoms with Crippen molar-refractivity contribution in [2.75, 3.05) is 13.1 Å². The first-order valence-corrected chi connectivity index (χ1v) is 7.57. The zero-order valence-corrected chi connectivity index (χ0v) is 12.6. The van der Waals surface area contributed by atoms with Crippen LogP contribution in [0.4, 0.5) is 0 Å². The summed E-state index contributed by atoms with van der Waals surface area (Å²) in [5.41, 5.74) is 4.29. The Morgan fingerprint density at radius 2 is 1.60 bits per heavy atom. The van der Waals surface area contributed by atoms with Crippen LogP contribution in [0.5, 0.6) is 0 Å². The lowest BCUT2D eigenvalue weighted by molar-refractivity contribution is 0.595. The fourth-order valence-electron chi connectivity index (χ4n) is 2.51. The van der Waals surface area contributed by atoms with Gasteiger partial charge in [0.2, 0.25) is 0 Å². The van der Waals surface area contributed by atoms with E-state index in [1.54, 1.807) is 0 Å². The monoisotopic (exact) mass is 267 g/mol. The highest BCUT2D eigenvalue weighted by molar-refractivity contribution is 5.25. The summed E-state index contributed by atoms with van der Waals surface area (Å²) in [5.74, 6) is 0.627. The normalized spacial score (nSPS) is 12.3. The molecule has 0 amide bonds. The molecule has 0 aliphatic carbocycles. The lowest BCUT2D eigenvalue weighted by Gasteiger charge is -2.12. The summed E-state index contributed by atoms with van der Waals surface area (Å²) in [5, 5.41) is 3.56. The van der Waals surface area contributed by atoms with E-state index in [4.69, 9.17) is 0 Å². The van der Waals surface area contributed by atoms with E-state index in [1.165, 1.54) is 23.1 Å². The molecule has 2 rings (SSSR count). The zero-order valence-electron chi connectivity index (χ0n) is 12.6. The average molecular weight is 267 g/mol. The zero-order chi connectivity index (χ0) is 14.2. The molecule has 0 spiro atoms. The molecule has 0 heterocycles. The third kappa shape index (κ3) is 4.50. The minimum Gasteiger partial charge on any atom is -0.316 e. The van der Waals surface area contributed by atoms with Crippen LogP contribution in [-0.4, -0.2) is 13.1 Å². The van der Waals surface area contributed by atoms with E-state index in [0.717, 1.165) is 19.5 Å². The first-order chi connectivity index (χ1) is 9.77. The second-order valence-corrected chi connectivity index (χ2v) is 5.53. The molecule has 0 radical (unpaired) electrons. The summed E-state index contributed by atoms with van der Waals surface area (Å²) in [4.78, 5) is 0. The van der Waals surface area contributed by atoms with Crippen molar-refractivity contribution >= 4 is 0 Å². The predicted octanol–water partition coefficient (Wildman–Crippen LogP) is 4.32. The summed E-state index contributed by atoms with van der Waals surface area (Å²) in [6.07, 6.45) is 2.31. The molecular formula is C19H25N. The molecule has 1 atom stereocenters. The molecule has 1 heteroatoms. The molecule has 1 nitrogen and oxygen atoms in total. The van der Waals surface area contributed by atoms with Crippen LogP contribution in [0.15, 0.2) is 54.6 Å². The third-order valence-electron chi connectivity index (χ3n) is 3.96. The highest BCUT2D eigenvalue weighted by Crippen LogP contribution is 2.17. The van der Waals surface area contributed by atoms with Gasteiger partial charge >= 0.3 is 0 Å². The van der Waals surface area contributed by atoms with Gasteiger partial charge in [-0.2, -0.15) is 0 Å². The van der Waals surface area contributed by atoms with Crippen molar-refractivity contribution < 1.29 is 0 Å². The summed E-state index contributed by atoms with van der Waals surface area (Å²) in [6.45, 7) is 6.64. The highest BCUT2D eigenvalue weighted by atomic mass is 14.8. The molecular weight excluding hydrogens is 242 g/mol. The largest absolute Gasteiger partial charge is 0.316 e. The van der Waals surface area contributed by atoms with Crippen LogP contribution in [0.1, 0.15) is 36.0 Å². The fourth-order valence-corrected chi connectivity index (χ4v) is 2.51.